The maximum absolute atomic E-state index is 11.8. The molecular formula is C24H31ClN2O3. The van der Waals surface area contributed by atoms with E-state index in [1.807, 2.05) is 24.3 Å². The molecule has 0 saturated carbocycles. The van der Waals surface area contributed by atoms with Crippen LogP contribution in [0.2, 0.25) is 5.02 Å². The van der Waals surface area contributed by atoms with Gasteiger partial charge in [-0.05, 0) is 61.2 Å². The molecule has 1 amide bonds. The second-order valence-electron chi connectivity index (χ2n) is 8.03. The number of carbonyl (C=O) groups excluding carboxylic acids is 1. The second-order valence-corrected chi connectivity index (χ2v) is 8.47. The van der Waals surface area contributed by atoms with Crippen molar-refractivity contribution in [2.75, 3.05) is 20.2 Å². The molecule has 1 unspecified atom stereocenters. The molecule has 2 atom stereocenters. The van der Waals surface area contributed by atoms with E-state index in [4.69, 9.17) is 21.5 Å². The van der Waals surface area contributed by atoms with Gasteiger partial charge in [0, 0.05) is 24.6 Å². The van der Waals surface area contributed by atoms with Gasteiger partial charge in [-0.15, -0.1) is 0 Å². The number of hydrogen-bond donors (Lipinski definition) is 2. The molecule has 2 N–H and O–H groups in total. The molecule has 162 valence electrons. The van der Waals surface area contributed by atoms with Crippen molar-refractivity contribution in [2.45, 2.75) is 50.7 Å². The van der Waals surface area contributed by atoms with Gasteiger partial charge in [0.15, 0.2) is 0 Å². The molecule has 0 bridgehead atoms. The maximum Gasteiger partial charge on any atom is 0.245 e. The van der Waals surface area contributed by atoms with Crippen molar-refractivity contribution in [3.8, 4) is 0 Å². The second kappa shape index (κ2) is 11.5. The summed E-state index contributed by atoms with van der Waals surface area (Å²) in [6, 6.07) is 16.4. The van der Waals surface area contributed by atoms with Crippen molar-refractivity contribution in [3.05, 3.63) is 70.2 Å². The van der Waals surface area contributed by atoms with E-state index in [1.54, 1.807) is 12.6 Å². The van der Waals surface area contributed by atoms with Crippen LogP contribution >= 0.6 is 11.6 Å². The Morgan fingerprint density at radius 2 is 1.70 bits per heavy atom. The van der Waals surface area contributed by atoms with Gasteiger partial charge < -0.3 is 4.74 Å². The summed E-state index contributed by atoms with van der Waals surface area (Å²) in [6.07, 6.45) is 4.33. The van der Waals surface area contributed by atoms with Crippen LogP contribution in [0.4, 0.5) is 0 Å². The minimum Gasteiger partial charge on any atom is -0.380 e. The predicted molar refractivity (Wildman–Crippen MR) is 119 cm³/mol. The average Bonchev–Trinajstić information content (AvgIpc) is 2.78. The molecule has 1 saturated heterocycles. The van der Waals surface area contributed by atoms with Crippen LogP contribution < -0.4 is 5.48 Å². The minimum absolute atomic E-state index is 0.0301. The Hall–Kier alpha value is -1.92. The Bertz CT molecular complexity index is 789. The normalized spacial score (nSPS) is 16.8. The zero-order valence-electron chi connectivity index (χ0n) is 17.5. The predicted octanol–water partition coefficient (Wildman–Crippen LogP) is 4.56. The molecule has 0 aromatic heterocycles. The van der Waals surface area contributed by atoms with Crippen molar-refractivity contribution in [3.63, 3.8) is 0 Å². The van der Waals surface area contributed by atoms with E-state index in [2.05, 4.69) is 29.2 Å². The smallest absolute Gasteiger partial charge is 0.245 e. The van der Waals surface area contributed by atoms with Crippen LogP contribution in [0.5, 0.6) is 0 Å². The Morgan fingerprint density at radius 3 is 2.30 bits per heavy atom. The lowest BCUT2D eigenvalue weighted by atomic mass is 9.85. The van der Waals surface area contributed by atoms with Crippen molar-refractivity contribution < 1.29 is 14.7 Å². The third-order valence-electron chi connectivity index (χ3n) is 5.89. The fraction of sp³-hybridized carbons (Fsp3) is 0.458. The highest BCUT2D eigenvalue weighted by Crippen LogP contribution is 2.29. The number of halogens is 1. The number of carbonyl (C=O) groups is 1. The molecule has 30 heavy (non-hydrogen) atoms. The van der Waals surface area contributed by atoms with Crippen LogP contribution in [0.3, 0.4) is 0 Å². The summed E-state index contributed by atoms with van der Waals surface area (Å²) < 4.78 is 5.68. The zero-order valence-corrected chi connectivity index (χ0v) is 18.3. The number of likely N-dealkylation sites (tertiary alicyclic amines) is 1. The summed E-state index contributed by atoms with van der Waals surface area (Å²) in [5, 5.41) is 9.66. The van der Waals surface area contributed by atoms with Gasteiger partial charge in [-0.1, -0.05) is 54.4 Å². The SMILES string of the molecule is COC(CC(=O)NO)[C@H](Cc1ccc(Cl)cc1)c1ccc(CN2CCCCC2)cc1. The van der Waals surface area contributed by atoms with Crippen LogP contribution in [0.25, 0.3) is 0 Å². The van der Waals surface area contributed by atoms with Crippen molar-refractivity contribution in [2.24, 2.45) is 0 Å². The van der Waals surface area contributed by atoms with E-state index in [-0.39, 0.29) is 18.4 Å². The first kappa shape index (κ1) is 22.8. The summed E-state index contributed by atoms with van der Waals surface area (Å²) in [6.45, 7) is 3.31. The lowest BCUT2D eigenvalue weighted by Gasteiger charge is -2.28. The number of ether oxygens (including phenoxy) is 1. The molecule has 0 aliphatic carbocycles. The summed E-state index contributed by atoms with van der Waals surface area (Å²) in [4.78, 5) is 14.3. The van der Waals surface area contributed by atoms with E-state index in [0.29, 0.717) is 11.4 Å². The largest absolute Gasteiger partial charge is 0.380 e. The number of methoxy groups -OCH3 is 1. The summed E-state index contributed by atoms with van der Waals surface area (Å²) in [5.41, 5.74) is 5.25. The van der Waals surface area contributed by atoms with Gasteiger partial charge in [0.05, 0.1) is 12.5 Å². The van der Waals surface area contributed by atoms with Gasteiger partial charge in [-0.2, -0.15) is 0 Å². The van der Waals surface area contributed by atoms with Gasteiger partial charge in [0.25, 0.3) is 0 Å². The number of rotatable bonds is 9. The Morgan fingerprint density at radius 1 is 1.07 bits per heavy atom. The number of nitrogens with zero attached hydrogens (tertiary/aromatic N) is 1. The molecule has 1 fully saturated rings. The number of amides is 1. The molecule has 0 radical (unpaired) electrons. The summed E-state index contributed by atoms with van der Waals surface area (Å²) >= 11 is 6.03. The lowest BCUT2D eigenvalue weighted by molar-refractivity contribution is -0.132. The summed E-state index contributed by atoms with van der Waals surface area (Å²) in [5.74, 6) is -0.484. The molecule has 1 aliphatic rings. The fourth-order valence-corrected chi connectivity index (χ4v) is 4.33. The van der Waals surface area contributed by atoms with Gasteiger partial charge in [-0.25, -0.2) is 5.48 Å². The number of nitrogens with one attached hydrogen (secondary N) is 1. The van der Waals surface area contributed by atoms with E-state index in [0.717, 1.165) is 17.7 Å². The molecule has 1 aliphatic heterocycles. The number of hydroxylamine groups is 1. The zero-order chi connectivity index (χ0) is 21.3. The highest BCUT2D eigenvalue weighted by Gasteiger charge is 2.26. The third-order valence-corrected chi connectivity index (χ3v) is 6.15. The average molecular weight is 431 g/mol. The van der Waals surface area contributed by atoms with Crippen LogP contribution in [0.15, 0.2) is 48.5 Å². The first-order valence-corrected chi connectivity index (χ1v) is 11.0. The van der Waals surface area contributed by atoms with E-state index < -0.39 is 5.91 Å². The van der Waals surface area contributed by atoms with E-state index >= 15 is 0 Å². The number of piperidine rings is 1. The Balaban J connectivity index is 1.78. The van der Waals surface area contributed by atoms with Gasteiger partial charge in [0.1, 0.15) is 0 Å². The molecule has 2 aromatic rings. The maximum atomic E-state index is 11.8. The molecule has 5 nitrogen and oxygen atoms in total. The number of benzene rings is 2. The highest BCUT2D eigenvalue weighted by molar-refractivity contribution is 6.30. The fourth-order valence-electron chi connectivity index (χ4n) is 4.20. The van der Waals surface area contributed by atoms with Gasteiger partial charge >= 0.3 is 0 Å². The first-order chi connectivity index (χ1) is 14.6. The Kier molecular flexibility index (Phi) is 8.70. The van der Waals surface area contributed by atoms with Crippen LogP contribution in [0.1, 0.15) is 48.3 Å². The van der Waals surface area contributed by atoms with Gasteiger partial charge in [-0.3, -0.25) is 14.9 Å². The number of hydrogen-bond acceptors (Lipinski definition) is 4. The molecule has 2 aromatic carbocycles. The summed E-state index contributed by atoms with van der Waals surface area (Å²) in [7, 11) is 1.61. The van der Waals surface area contributed by atoms with Crippen LogP contribution in [-0.2, 0) is 22.5 Å². The van der Waals surface area contributed by atoms with E-state index in [9.17, 15) is 4.79 Å². The first-order valence-electron chi connectivity index (χ1n) is 10.6. The highest BCUT2D eigenvalue weighted by atomic mass is 35.5. The molecular weight excluding hydrogens is 400 g/mol. The van der Waals surface area contributed by atoms with Crippen molar-refractivity contribution in [1.82, 2.24) is 10.4 Å². The van der Waals surface area contributed by atoms with E-state index in [1.165, 1.54) is 37.9 Å². The quantitative estimate of drug-likeness (QED) is 0.452. The Labute approximate surface area is 183 Å². The van der Waals surface area contributed by atoms with Crippen molar-refractivity contribution in [1.29, 1.82) is 0 Å². The molecule has 0 spiro atoms. The van der Waals surface area contributed by atoms with Crippen LogP contribution in [0, 0.1) is 0 Å². The topological polar surface area (TPSA) is 61.8 Å². The third kappa shape index (κ3) is 6.54. The molecule has 6 heteroatoms. The van der Waals surface area contributed by atoms with Crippen LogP contribution in [-0.4, -0.2) is 42.3 Å². The monoisotopic (exact) mass is 430 g/mol. The standard InChI is InChI=1S/C24H31ClN2O3/c1-30-23(16-24(28)26-29)22(15-18-7-11-21(25)12-8-18)20-9-5-19(6-10-20)17-27-13-3-2-4-14-27/h5-12,22-23,29H,2-4,13-17H2,1H3,(H,26,28)/t22-,23?/m1/s1. The van der Waals surface area contributed by atoms with Gasteiger partial charge in [0.2, 0.25) is 5.91 Å². The van der Waals surface area contributed by atoms with Crippen molar-refractivity contribution >= 4 is 17.5 Å². The molecule has 3 rings (SSSR count). The minimum atomic E-state index is -0.454. The molecule has 1 heterocycles. The lowest BCUT2D eigenvalue weighted by Crippen LogP contribution is -2.31.